The molecule has 6 heteroatoms. The number of esters is 1. The number of ether oxygens (including phenoxy) is 1. The Morgan fingerprint density at radius 2 is 0.595 bits per heavy atom. The Kier molecular flexibility index (Phi) is 72.3. The third-order valence-electron chi connectivity index (χ3n) is 18.3. The molecule has 0 aromatic carbocycles. The molecule has 84 heavy (non-hydrogen) atoms. The van der Waals surface area contributed by atoms with E-state index in [1.54, 1.807) is 0 Å². The van der Waals surface area contributed by atoms with Gasteiger partial charge in [-0.25, -0.2) is 0 Å². The van der Waals surface area contributed by atoms with Crippen LogP contribution < -0.4 is 5.32 Å². The predicted octanol–water partition coefficient (Wildman–Crippen LogP) is 25.3. The average molecular weight is 1180 g/mol. The van der Waals surface area contributed by atoms with Gasteiger partial charge < -0.3 is 20.3 Å². The smallest absolute Gasteiger partial charge is 0.305 e. The second kappa shape index (κ2) is 73.8. The molecule has 2 unspecified atom stereocenters. The highest BCUT2D eigenvalue weighted by molar-refractivity contribution is 5.76. The lowest BCUT2D eigenvalue weighted by Crippen LogP contribution is -2.45. The van der Waals surface area contributed by atoms with Crippen molar-refractivity contribution in [2.45, 2.75) is 450 Å². The molecule has 3 N–H and O–H groups in total. The Hall–Kier alpha value is -1.66. The van der Waals surface area contributed by atoms with Crippen molar-refractivity contribution in [3.8, 4) is 0 Å². The molecule has 0 aliphatic heterocycles. The Bertz CT molecular complexity index is 1320. The Labute approximate surface area is 526 Å². The van der Waals surface area contributed by atoms with Crippen molar-refractivity contribution in [2.24, 2.45) is 0 Å². The summed E-state index contributed by atoms with van der Waals surface area (Å²) in [6, 6.07) is -0.548. The number of carbonyl (C=O) groups is 2. The van der Waals surface area contributed by atoms with Gasteiger partial charge in [-0.1, -0.05) is 391 Å². The summed E-state index contributed by atoms with van der Waals surface area (Å²) in [4.78, 5) is 24.7. The van der Waals surface area contributed by atoms with E-state index in [2.05, 4.69) is 43.5 Å². The zero-order chi connectivity index (χ0) is 60.6. The number of aliphatic hydroxyl groups is 2. The molecule has 1 amide bonds. The van der Waals surface area contributed by atoms with Gasteiger partial charge in [-0.3, -0.25) is 9.59 Å². The molecule has 0 radical (unpaired) electrons. The molecule has 498 valence electrons. The number of hydrogen-bond donors (Lipinski definition) is 3. The van der Waals surface area contributed by atoms with Gasteiger partial charge in [0.1, 0.15) is 0 Å². The zero-order valence-corrected chi connectivity index (χ0v) is 57.2. The van der Waals surface area contributed by atoms with Crippen LogP contribution in [0.2, 0.25) is 0 Å². The van der Waals surface area contributed by atoms with Gasteiger partial charge >= 0.3 is 5.97 Å². The van der Waals surface area contributed by atoms with Crippen molar-refractivity contribution >= 4 is 11.9 Å². The summed E-state index contributed by atoms with van der Waals surface area (Å²) >= 11 is 0. The van der Waals surface area contributed by atoms with Gasteiger partial charge in [0.05, 0.1) is 25.4 Å². The van der Waals surface area contributed by atoms with E-state index in [1.807, 2.05) is 0 Å². The molecule has 0 aliphatic carbocycles. The van der Waals surface area contributed by atoms with Gasteiger partial charge in [0, 0.05) is 12.8 Å². The molecule has 0 aromatic heterocycles. The van der Waals surface area contributed by atoms with Crippen molar-refractivity contribution in [3.63, 3.8) is 0 Å². The summed E-state index contributed by atoms with van der Waals surface area (Å²) < 4.78 is 5.51. The third-order valence-corrected chi connectivity index (χ3v) is 18.3. The SMILES string of the molecule is CCCCCCCCCCCCCCCCCCCCCCCCCC(O)C(CO)NC(=O)CCCCCCCCCCC/C=C\C/C=C\CCCCCCCCCCCOC(=O)CCCCCCCCCCCCCCCCCCCCC. The van der Waals surface area contributed by atoms with Crippen LogP contribution in [-0.4, -0.2) is 47.4 Å². The molecule has 6 nitrogen and oxygen atoms in total. The molecule has 2 atom stereocenters. The quantitative estimate of drug-likeness (QED) is 0.0320. The standard InChI is InChI=1S/C78H151NO5/c1-3-5-7-9-11-13-15-17-19-21-23-24-28-31-35-38-42-46-50-54-58-62-66-70-76(81)75(74-80)79-77(82)71-67-63-59-55-51-47-43-39-36-32-29-26-25-27-30-33-37-41-45-49-53-57-61-65-69-73-84-78(83)72-68-64-60-56-52-48-44-40-34-22-20-18-16-14-12-10-8-6-4-2/h26-27,29-30,75-76,80-81H,3-25,28,31-74H2,1-2H3,(H,79,82)/b29-26-,30-27-. The van der Waals surface area contributed by atoms with Crippen LogP contribution >= 0.6 is 0 Å². The number of nitrogens with one attached hydrogen (secondary N) is 1. The normalized spacial score (nSPS) is 12.6. The minimum atomic E-state index is -0.670. The van der Waals surface area contributed by atoms with E-state index >= 15 is 0 Å². The van der Waals surface area contributed by atoms with Crippen LogP contribution in [0.15, 0.2) is 24.3 Å². The summed E-state index contributed by atoms with van der Waals surface area (Å²) in [7, 11) is 0. The largest absolute Gasteiger partial charge is 0.466 e. The van der Waals surface area contributed by atoms with Gasteiger partial charge in [-0.05, 0) is 57.8 Å². The van der Waals surface area contributed by atoms with Crippen LogP contribution in [0, 0.1) is 0 Å². The maximum atomic E-state index is 12.6. The Morgan fingerprint density at radius 1 is 0.333 bits per heavy atom. The highest BCUT2D eigenvalue weighted by atomic mass is 16.5. The van der Waals surface area contributed by atoms with Crippen LogP contribution in [0.1, 0.15) is 438 Å². The first-order valence-electron chi connectivity index (χ1n) is 38.6. The van der Waals surface area contributed by atoms with E-state index in [0.717, 1.165) is 44.9 Å². The summed E-state index contributed by atoms with van der Waals surface area (Å²) in [5.74, 6) is -0.0210. The van der Waals surface area contributed by atoms with E-state index in [4.69, 9.17) is 4.74 Å². The topological polar surface area (TPSA) is 95.9 Å². The van der Waals surface area contributed by atoms with Gasteiger partial charge in [0.25, 0.3) is 0 Å². The second-order valence-electron chi connectivity index (χ2n) is 26.7. The molecule has 0 spiro atoms. The van der Waals surface area contributed by atoms with Crippen LogP contribution in [-0.2, 0) is 14.3 Å². The Morgan fingerprint density at radius 3 is 0.905 bits per heavy atom. The molecule has 0 aromatic rings. The first kappa shape index (κ1) is 82.3. The average Bonchev–Trinajstić information content (AvgIpc) is 3.51. The fraction of sp³-hybridized carbons (Fsp3) is 0.923. The van der Waals surface area contributed by atoms with Crippen molar-refractivity contribution < 1.29 is 24.5 Å². The first-order valence-corrected chi connectivity index (χ1v) is 38.6. The molecular formula is C78H151NO5. The van der Waals surface area contributed by atoms with Gasteiger partial charge in [0.2, 0.25) is 5.91 Å². The van der Waals surface area contributed by atoms with E-state index in [0.29, 0.717) is 25.9 Å². The zero-order valence-electron chi connectivity index (χ0n) is 57.2. The molecule has 0 saturated carbocycles. The lowest BCUT2D eigenvalue weighted by atomic mass is 10.0. The molecular weight excluding hydrogens is 1030 g/mol. The summed E-state index contributed by atoms with van der Waals surface area (Å²) in [6.45, 7) is 5.00. The van der Waals surface area contributed by atoms with Gasteiger partial charge in [0.15, 0.2) is 0 Å². The van der Waals surface area contributed by atoms with Crippen LogP contribution in [0.25, 0.3) is 0 Å². The molecule has 0 bridgehead atoms. The summed E-state index contributed by atoms with van der Waals surface area (Å²) in [5.41, 5.74) is 0. The lowest BCUT2D eigenvalue weighted by Gasteiger charge is -2.22. The minimum Gasteiger partial charge on any atom is -0.466 e. The summed E-state index contributed by atoms with van der Waals surface area (Å²) in [6.07, 6.45) is 93.9. The number of aliphatic hydroxyl groups excluding tert-OH is 2. The number of allylic oxidation sites excluding steroid dienone is 4. The van der Waals surface area contributed by atoms with Crippen LogP contribution in [0.4, 0.5) is 0 Å². The van der Waals surface area contributed by atoms with E-state index < -0.39 is 12.1 Å². The maximum Gasteiger partial charge on any atom is 0.305 e. The summed E-state index contributed by atoms with van der Waals surface area (Å²) in [5, 5.41) is 23.5. The Balaban J connectivity index is 3.41. The van der Waals surface area contributed by atoms with Crippen molar-refractivity contribution in [3.05, 3.63) is 24.3 Å². The number of unbranched alkanes of at least 4 members (excludes halogenated alkanes) is 58. The first-order chi connectivity index (χ1) is 41.5. The molecule has 0 aliphatic rings. The highest BCUT2D eigenvalue weighted by Crippen LogP contribution is 2.20. The second-order valence-corrected chi connectivity index (χ2v) is 26.7. The minimum absolute atomic E-state index is 0.0150. The third kappa shape index (κ3) is 69.4. The van der Waals surface area contributed by atoms with Gasteiger partial charge in [-0.2, -0.15) is 0 Å². The lowest BCUT2D eigenvalue weighted by molar-refractivity contribution is -0.143. The van der Waals surface area contributed by atoms with Crippen molar-refractivity contribution in [1.29, 1.82) is 0 Å². The molecule has 0 fully saturated rings. The van der Waals surface area contributed by atoms with Crippen molar-refractivity contribution in [2.75, 3.05) is 13.2 Å². The number of amides is 1. The molecule has 0 heterocycles. The van der Waals surface area contributed by atoms with E-state index in [-0.39, 0.29) is 18.5 Å². The van der Waals surface area contributed by atoms with E-state index in [1.165, 1.54) is 360 Å². The monoisotopic (exact) mass is 1180 g/mol. The van der Waals surface area contributed by atoms with E-state index in [9.17, 15) is 19.8 Å². The highest BCUT2D eigenvalue weighted by Gasteiger charge is 2.20. The number of hydrogen-bond acceptors (Lipinski definition) is 5. The number of carbonyl (C=O) groups excluding carboxylic acids is 2. The van der Waals surface area contributed by atoms with Crippen LogP contribution in [0.5, 0.6) is 0 Å². The van der Waals surface area contributed by atoms with Crippen LogP contribution in [0.3, 0.4) is 0 Å². The fourth-order valence-corrected chi connectivity index (χ4v) is 12.4. The van der Waals surface area contributed by atoms with Crippen molar-refractivity contribution in [1.82, 2.24) is 5.32 Å². The molecule has 0 saturated heterocycles. The number of rotatable bonds is 73. The molecule has 0 rings (SSSR count). The maximum absolute atomic E-state index is 12.6. The fourth-order valence-electron chi connectivity index (χ4n) is 12.4. The predicted molar refractivity (Wildman–Crippen MR) is 370 cm³/mol. The van der Waals surface area contributed by atoms with Gasteiger partial charge in [-0.15, -0.1) is 0 Å².